The van der Waals surface area contributed by atoms with Gasteiger partial charge < -0.3 is 14.8 Å². The number of benzene rings is 1. The molecule has 1 unspecified atom stereocenters. The summed E-state index contributed by atoms with van der Waals surface area (Å²) < 4.78 is 10.5. The molecule has 4 nitrogen and oxygen atoms in total. The minimum atomic E-state index is -0.445. The van der Waals surface area contributed by atoms with Crippen molar-refractivity contribution >= 4 is 5.78 Å². The number of nitrogens with one attached hydrogen (secondary N) is 1. The Morgan fingerprint density at radius 1 is 1.37 bits per heavy atom. The molecule has 1 N–H and O–H groups in total. The molecule has 1 aliphatic heterocycles. The minimum absolute atomic E-state index is 0.100. The van der Waals surface area contributed by atoms with Crippen LogP contribution in [-0.4, -0.2) is 32.1 Å². The van der Waals surface area contributed by atoms with E-state index < -0.39 is 5.54 Å². The fourth-order valence-electron chi connectivity index (χ4n) is 2.71. The van der Waals surface area contributed by atoms with Gasteiger partial charge in [0.15, 0.2) is 5.78 Å². The SMILES string of the molecule is CCC1(C(=O)c2cc(OC)ccc2OC)CCCN1. The lowest BCUT2D eigenvalue weighted by atomic mass is 9.85. The maximum atomic E-state index is 12.8. The lowest BCUT2D eigenvalue weighted by molar-refractivity contribution is 0.0860. The van der Waals surface area contributed by atoms with Gasteiger partial charge in [-0.05, 0) is 44.0 Å². The van der Waals surface area contributed by atoms with Gasteiger partial charge in [-0.1, -0.05) is 6.92 Å². The van der Waals surface area contributed by atoms with E-state index in [-0.39, 0.29) is 5.78 Å². The van der Waals surface area contributed by atoms with Gasteiger partial charge in [0.25, 0.3) is 0 Å². The predicted molar refractivity (Wildman–Crippen MR) is 74.1 cm³/mol. The third-order valence-corrected chi connectivity index (χ3v) is 3.93. The van der Waals surface area contributed by atoms with Gasteiger partial charge in [0.05, 0.1) is 25.3 Å². The number of methoxy groups -OCH3 is 2. The molecule has 0 aromatic heterocycles. The Labute approximate surface area is 114 Å². The zero-order chi connectivity index (χ0) is 13.9. The molecule has 4 heteroatoms. The number of rotatable bonds is 5. The highest BCUT2D eigenvalue weighted by Crippen LogP contribution is 2.32. The molecule has 1 aromatic rings. The number of Topliss-reactive ketones (excluding diaryl/α,β-unsaturated/α-hetero) is 1. The number of hydrogen-bond acceptors (Lipinski definition) is 4. The number of carbonyl (C=O) groups excluding carboxylic acids is 1. The zero-order valence-corrected chi connectivity index (χ0v) is 11.8. The van der Waals surface area contributed by atoms with Gasteiger partial charge in [-0.25, -0.2) is 0 Å². The van der Waals surface area contributed by atoms with Gasteiger partial charge in [-0.3, -0.25) is 4.79 Å². The van der Waals surface area contributed by atoms with E-state index in [1.807, 2.05) is 6.92 Å². The van der Waals surface area contributed by atoms with E-state index in [1.165, 1.54) is 0 Å². The summed E-state index contributed by atoms with van der Waals surface area (Å²) in [6, 6.07) is 5.35. The molecular weight excluding hydrogens is 242 g/mol. The molecule has 0 saturated carbocycles. The van der Waals surface area contributed by atoms with Crippen LogP contribution in [-0.2, 0) is 0 Å². The van der Waals surface area contributed by atoms with Crippen LogP contribution in [0.5, 0.6) is 11.5 Å². The molecule has 0 amide bonds. The minimum Gasteiger partial charge on any atom is -0.497 e. The van der Waals surface area contributed by atoms with Gasteiger partial charge in [0, 0.05) is 0 Å². The second-order valence-corrected chi connectivity index (χ2v) is 4.86. The van der Waals surface area contributed by atoms with Crippen LogP contribution in [0.15, 0.2) is 18.2 Å². The summed E-state index contributed by atoms with van der Waals surface area (Å²) in [7, 11) is 3.18. The topological polar surface area (TPSA) is 47.6 Å². The van der Waals surface area contributed by atoms with Crippen LogP contribution >= 0.6 is 0 Å². The second-order valence-electron chi connectivity index (χ2n) is 4.86. The molecule has 0 bridgehead atoms. The average molecular weight is 263 g/mol. The molecule has 1 aliphatic rings. The van der Waals surface area contributed by atoms with Gasteiger partial charge in [-0.15, -0.1) is 0 Å². The van der Waals surface area contributed by atoms with Crippen LogP contribution in [0.3, 0.4) is 0 Å². The third kappa shape index (κ3) is 2.45. The molecular formula is C15H21NO3. The van der Waals surface area contributed by atoms with Crippen LogP contribution in [0.1, 0.15) is 36.5 Å². The Hall–Kier alpha value is -1.55. The van der Waals surface area contributed by atoms with E-state index in [9.17, 15) is 4.79 Å². The lowest BCUT2D eigenvalue weighted by Crippen LogP contribution is -2.47. The summed E-state index contributed by atoms with van der Waals surface area (Å²) in [5.74, 6) is 1.38. The van der Waals surface area contributed by atoms with Crippen molar-refractivity contribution in [2.45, 2.75) is 31.7 Å². The van der Waals surface area contributed by atoms with Crippen molar-refractivity contribution in [3.05, 3.63) is 23.8 Å². The second kappa shape index (κ2) is 5.61. The summed E-state index contributed by atoms with van der Waals surface area (Å²) in [4.78, 5) is 12.8. The van der Waals surface area contributed by atoms with E-state index in [4.69, 9.17) is 9.47 Å². The molecule has 104 valence electrons. The van der Waals surface area contributed by atoms with Crippen LogP contribution in [0.2, 0.25) is 0 Å². The van der Waals surface area contributed by atoms with Crippen molar-refractivity contribution in [2.75, 3.05) is 20.8 Å². The molecule has 0 spiro atoms. The molecule has 1 aromatic carbocycles. The van der Waals surface area contributed by atoms with E-state index in [0.717, 1.165) is 25.8 Å². The van der Waals surface area contributed by atoms with Crippen LogP contribution < -0.4 is 14.8 Å². The van der Waals surface area contributed by atoms with Crippen molar-refractivity contribution in [1.82, 2.24) is 5.32 Å². The largest absolute Gasteiger partial charge is 0.497 e. The zero-order valence-electron chi connectivity index (χ0n) is 11.8. The van der Waals surface area contributed by atoms with Crippen LogP contribution in [0.25, 0.3) is 0 Å². The summed E-state index contributed by atoms with van der Waals surface area (Å²) >= 11 is 0. The number of carbonyl (C=O) groups is 1. The van der Waals surface area contributed by atoms with E-state index >= 15 is 0 Å². The number of ketones is 1. The third-order valence-electron chi connectivity index (χ3n) is 3.93. The molecule has 2 rings (SSSR count). The van der Waals surface area contributed by atoms with Crippen molar-refractivity contribution in [3.63, 3.8) is 0 Å². The first-order valence-electron chi connectivity index (χ1n) is 6.68. The Kier molecular flexibility index (Phi) is 4.10. The normalized spacial score (nSPS) is 22.3. The fourth-order valence-corrected chi connectivity index (χ4v) is 2.71. The maximum absolute atomic E-state index is 12.8. The molecule has 0 radical (unpaired) electrons. The number of hydrogen-bond donors (Lipinski definition) is 1. The van der Waals surface area contributed by atoms with Gasteiger partial charge in [0.2, 0.25) is 0 Å². The van der Waals surface area contributed by atoms with Gasteiger partial charge in [0.1, 0.15) is 11.5 Å². The summed E-state index contributed by atoms with van der Waals surface area (Å²) in [5, 5.41) is 3.36. The Bertz CT molecular complexity index is 464. The summed E-state index contributed by atoms with van der Waals surface area (Å²) in [5.41, 5.74) is 0.151. The summed E-state index contributed by atoms with van der Waals surface area (Å²) in [6.45, 7) is 2.94. The first-order valence-corrected chi connectivity index (χ1v) is 6.68. The highest BCUT2D eigenvalue weighted by molar-refractivity contribution is 6.05. The first kappa shape index (κ1) is 13.9. The van der Waals surface area contributed by atoms with Crippen molar-refractivity contribution in [3.8, 4) is 11.5 Å². The standard InChI is InChI=1S/C15H21NO3/c1-4-15(8-5-9-16-15)14(17)12-10-11(18-2)6-7-13(12)19-3/h6-7,10,16H,4-5,8-9H2,1-3H3. The maximum Gasteiger partial charge on any atom is 0.186 e. The molecule has 19 heavy (non-hydrogen) atoms. The molecule has 1 heterocycles. The summed E-state index contributed by atoms with van der Waals surface area (Å²) in [6.07, 6.45) is 2.70. The quantitative estimate of drug-likeness (QED) is 0.829. The Morgan fingerprint density at radius 2 is 2.16 bits per heavy atom. The number of ether oxygens (including phenoxy) is 2. The predicted octanol–water partition coefficient (Wildman–Crippen LogP) is 2.42. The molecule has 1 saturated heterocycles. The average Bonchev–Trinajstić information content (AvgIpc) is 2.95. The Morgan fingerprint density at radius 3 is 2.68 bits per heavy atom. The van der Waals surface area contributed by atoms with Crippen LogP contribution in [0, 0.1) is 0 Å². The lowest BCUT2D eigenvalue weighted by Gasteiger charge is -2.27. The fraction of sp³-hybridized carbons (Fsp3) is 0.533. The Balaban J connectivity index is 2.41. The molecule has 1 fully saturated rings. The smallest absolute Gasteiger partial charge is 0.186 e. The van der Waals surface area contributed by atoms with Crippen molar-refractivity contribution in [2.24, 2.45) is 0 Å². The van der Waals surface area contributed by atoms with E-state index in [1.54, 1.807) is 32.4 Å². The van der Waals surface area contributed by atoms with Gasteiger partial charge >= 0.3 is 0 Å². The van der Waals surface area contributed by atoms with E-state index in [0.29, 0.717) is 17.1 Å². The van der Waals surface area contributed by atoms with Gasteiger partial charge in [-0.2, -0.15) is 0 Å². The van der Waals surface area contributed by atoms with E-state index in [2.05, 4.69) is 5.32 Å². The first-order chi connectivity index (χ1) is 9.16. The van der Waals surface area contributed by atoms with Crippen molar-refractivity contribution < 1.29 is 14.3 Å². The highest BCUT2D eigenvalue weighted by atomic mass is 16.5. The molecule has 0 aliphatic carbocycles. The molecule has 1 atom stereocenters. The monoisotopic (exact) mass is 263 g/mol. The van der Waals surface area contributed by atoms with Crippen molar-refractivity contribution in [1.29, 1.82) is 0 Å². The highest BCUT2D eigenvalue weighted by Gasteiger charge is 2.40. The van der Waals surface area contributed by atoms with Crippen LogP contribution in [0.4, 0.5) is 0 Å².